The van der Waals surface area contributed by atoms with E-state index in [9.17, 15) is 4.79 Å². The summed E-state index contributed by atoms with van der Waals surface area (Å²) in [5.74, 6) is 0.0754. The van der Waals surface area contributed by atoms with Crippen molar-refractivity contribution < 1.29 is 4.79 Å². The number of nitrogen functional groups attached to an aromatic ring is 1. The molecule has 3 rings (SSSR count). The Kier molecular flexibility index (Phi) is 4.35. The van der Waals surface area contributed by atoms with Gasteiger partial charge in [-0.3, -0.25) is 4.79 Å². The minimum absolute atomic E-state index is 0.0742. The summed E-state index contributed by atoms with van der Waals surface area (Å²) in [5.41, 5.74) is 10.8. The lowest BCUT2D eigenvalue weighted by molar-refractivity contribution is -0.126. The maximum absolute atomic E-state index is 13.0. The number of carbonyl (C=O) groups excluding carboxylic acids is 1. The summed E-state index contributed by atoms with van der Waals surface area (Å²) in [5, 5.41) is 3.28. The van der Waals surface area contributed by atoms with Gasteiger partial charge in [-0.2, -0.15) is 0 Å². The molecule has 1 atom stereocenters. The van der Waals surface area contributed by atoms with Crippen molar-refractivity contribution in [2.75, 3.05) is 5.73 Å². The van der Waals surface area contributed by atoms with Gasteiger partial charge in [0.05, 0.1) is 11.5 Å². The lowest BCUT2D eigenvalue weighted by Crippen LogP contribution is -2.43. The van der Waals surface area contributed by atoms with Crippen LogP contribution in [0.5, 0.6) is 0 Å². The summed E-state index contributed by atoms with van der Waals surface area (Å²) < 4.78 is 0. The van der Waals surface area contributed by atoms with Crippen LogP contribution in [0, 0.1) is 6.92 Å². The van der Waals surface area contributed by atoms with E-state index in [1.165, 1.54) is 11.1 Å². The van der Waals surface area contributed by atoms with Gasteiger partial charge in [-0.15, -0.1) is 0 Å². The Bertz CT molecular complexity index is 764. The number of nitrogens with one attached hydrogen (secondary N) is 1. The zero-order valence-electron chi connectivity index (χ0n) is 14.7. The molecule has 0 aromatic heterocycles. The van der Waals surface area contributed by atoms with Crippen LogP contribution in [0.25, 0.3) is 0 Å². The van der Waals surface area contributed by atoms with Gasteiger partial charge in [-0.1, -0.05) is 30.3 Å². The monoisotopic (exact) mass is 322 g/mol. The van der Waals surface area contributed by atoms with Crippen molar-refractivity contribution in [3.05, 3.63) is 64.7 Å². The molecule has 2 aromatic carbocycles. The summed E-state index contributed by atoms with van der Waals surface area (Å²) >= 11 is 0. The van der Waals surface area contributed by atoms with Gasteiger partial charge in [-0.05, 0) is 74.4 Å². The molecule has 1 unspecified atom stereocenters. The molecular weight excluding hydrogens is 296 g/mol. The van der Waals surface area contributed by atoms with Crippen LogP contribution in [0.4, 0.5) is 5.69 Å². The summed E-state index contributed by atoms with van der Waals surface area (Å²) in [6.07, 6.45) is 3.09. The highest BCUT2D eigenvalue weighted by Crippen LogP contribution is 2.33. The van der Waals surface area contributed by atoms with Crippen LogP contribution in [0.1, 0.15) is 55.0 Å². The Morgan fingerprint density at radius 1 is 1.21 bits per heavy atom. The van der Waals surface area contributed by atoms with Crippen molar-refractivity contribution in [2.45, 2.75) is 51.5 Å². The predicted molar refractivity (Wildman–Crippen MR) is 98.9 cm³/mol. The molecule has 3 nitrogen and oxygen atoms in total. The van der Waals surface area contributed by atoms with Gasteiger partial charge in [0.25, 0.3) is 0 Å². The first kappa shape index (κ1) is 16.6. The average Bonchev–Trinajstić information content (AvgIpc) is 2.55. The maximum Gasteiger partial charge on any atom is 0.230 e. The number of rotatable bonds is 3. The summed E-state index contributed by atoms with van der Waals surface area (Å²) in [4.78, 5) is 13.0. The van der Waals surface area contributed by atoms with E-state index in [1.54, 1.807) is 0 Å². The molecule has 0 radical (unpaired) electrons. The highest BCUT2D eigenvalue weighted by Gasteiger charge is 2.33. The molecule has 0 heterocycles. The molecule has 3 N–H and O–H groups in total. The molecule has 0 spiro atoms. The number of benzene rings is 2. The summed E-state index contributed by atoms with van der Waals surface area (Å²) in [6.45, 7) is 6.05. The quantitative estimate of drug-likeness (QED) is 0.838. The number of hydrogen-bond donors (Lipinski definition) is 2. The summed E-state index contributed by atoms with van der Waals surface area (Å²) in [7, 11) is 0. The first-order valence-electron chi connectivity index (χ1n) is 8.65. The van der Waals surface area contributed by atoms with Crippen molar-refractivity contribution in [2.24, 2.45) is 0 Å². The van der Waals surface area contributed by atoms with E-state index in [-0.39, 0.29) is 11.9 Å². The Labute approximate surface area is 144 Å². The third-order valence-corrected chi connectivity index (χ3v) is 5.17. The van der Waals surface area contributed by atoms with Crippen LogP contribution in [-0.2, 0) is 16.6 Å². The number of nitrogens with two attached hydrogens (primary N) is 1. The fourth-order valence-electron chi connectivity index (χ4n) is 3.72. The Morgan fingerprint density at radius 2 is 1.96 bits per heavy atom. The van der Waals surface area contributed by atoms with E-state index >= 15 is 0 Å². The Balaban J connectivity index is 1.85. The molecule has 2 aromatic rings. The van der Waals surface area contributed by atoms with E-state index in [4.69, 9.17) is 5.73 Å². The van der Waals surface area contributed by atoms with Crippen LogP contribution in [0.3, 0.4) is 0 Å². The van der Waals surface area contributed by atoms with Crippen molar-refractivity contribution in [1.29, 1.82) is 0 Å². The second-order valence-electron chi connectivity index (χ2n) is 7.32. The molecule has 0 aliphatic heterocycles. The minimum Gasteiger partial charge on any atom is -0.399 e. The minimum atomic E-state index is -0.559. The Hall–Kier alpha value is -2.29. The lowest BCUT2D eigenvalue weighted by atomic mass is 9.80. The van der Waals surface area contributed by atoms with Gasteiger partial charge in [-0.25, -0.2) is 0 Å². The van der Waals surface area contributed by atoms with Crippen molar-refractivity contribution in [1.82, 2.24) is 5.32 Å². The van der Waals surface area contributed by atoms with Crippen LogP contribution in [-0.4, -0.2) is 5.91 Å². The predicted octanol–water partition coefficient (Wildman–Crippen LogP) is 4.05. The van der Waals surface area contributed by atoms with Gasteiger partial charge >= 0.3 is 0 Å². The van der Waals surface area contributed by atoms with Crippen LogP contribution in [0.15, 0.2) is 42.5 Å². The topological polar surface area (TPSA) is 55.1 Å². The molecule has 24 heavy (non-hydrogen) atoms. The number of carbonyl (C=O) groups is 1. The molecule has 1 amide bonds. The molecular formula is C21H26N2O. The maximum atomic E-state index is 13.0. The molecule has 0 fully saturated rings. The van der Waals surface area contributed by atoms with E-state index in [0.29, 0.717) is 0 Å². The highest BCUT2D eigenvalue weighted by atomic mass is 16.2. The third-order valence-electron chi connectivity index (χ3n) is 5.17. The van der Waals surface area contributed by atoms with Crippen molar-refractivity contribution in [3.8, 4) is 0 Å². The van der Waals surface area contributed by atoms with Crippen molar-refractivity contribution >= 4 is 11.6 Å². The number of aryl methyl sites for hydroxylation is 2. The zero-order valence-corrected chi connectivity index (χ0v) is 14.7. The molecule has 1 aliphatic carbocycles. The molecule has 126 valence electrons. The zero-order chi connectivity index (χ0) is 17.3. The molecule has 1 aliphatic rings. The van der Waals surface area contributed by atoms with Crippen LogP contribution >= 0.6 is 0 Å². The second kappa shape index (κ2) is 6.31. The standard InChI is InChI=1S/C21H26N2O/c1-14-7-4-5-9-18(14)21(2,3)20(24)23-19-10-6-8-15-13-16(22)11-12-17(15)19/h4-5,7,9,11-13,19H,6,8,10,22H2,1-3H3,(H,23,24). The first-order chi connectivity index (χ1) is 11.4. The number of anilines is 1. The van der Waals surface area contributed by atoms with E-state index < -0.39 is 5.41 Å². The molecule has 0 bridgehead atoms. The fraction of sp³-hybridized carbons (Fsp3) is 0.381. The SMILES string of the molecule is Cc1ccccc1C(C)(C)C(=O)NC1CCCc2cc(N)ccc21. The van der Waals surface area contributed by atoms with Gasteiger partial charge in [0.1, 0.15) is 0 Å². The first-order valence-corrected chi connectivity index (χ1v) is 8.65. The van der Waals surface area contributed by atoms with Gasteiger partial charge in [0.2, 0.25) is 5.91 Å². The summed E-state index contributed by atoms with van der Waals surface area (Å²) in [6, 6.07) is 14.2. The number of hydrogen-bond acceptors (Lipinski definition) is 2. The largest absolute Gasteiger partial charge is 0.399 e. The van der Waals surface area contributed by atoms with Gasteiger partial charge in [0.15, 0.2) is 0 Å². The molecule has 0 saturated heterocycles. The van der Waals surface area contributed by atoms with Crippen LogP contribution < -0.4 is 11.1 Å². The lowest BCUT2D eigenvalue weighted by Gasteiger charge is -2.32. The second-order valence-corrected chi connectivity index (χ2v) is 7.32. The average molecular weight is 322 g/mol. The van der Waals surface area contributed by atoms with Crippen molar-refractivity contribution in [3.63, 3.8) is 0 Å². The van der Waals surface area contributed by atoms with E-state index in [0.717, 1.165) is 36.1 Å². The molecule has 3 heteroatoms. The smallest absolute Gasteiger partial charge is 0.230 e. The van der Waals surface area contributed by atoms with E-state index in [1.807, 2.05) is 44.2 Å². The number of fused-ring (bicyclic) bond motifs is 1. The molecule has 0 saturated carbocycles. The highest BCUT2D eigenvalue weighted by molar-refractivity contribution is 5.88. The van der Waals surface area contributed by atoms with E-state index in [2.05, 4.69) is 24.4 Å². The number of amides is 1. The van der Waals surface area contributed by atoms with Gasteiger partial charge < -0.3 is 11.1 Å². The normalized spacial score (nSPS) is 17.2. The van der Waals surface area contributed by atoms with Gasteiger partial charge in [0, 0.05) is 5.69 Å². The third kappa shape index (κ3) is 3.03. The fourth-order valence-corrected chi connectivity index (χ4v) is 3.72. The van der Waals surface area contributed by atoms with Crippen LogP contribution in [0.2, 0.25) is 0 Å². The Morgan fingerprint density at radius 3 is 2.71 bits per heavy atom.